The van der Waals surface area contributed by atoms with Crippen molar-refractivity contribution in [2.45, 2.75) is 54.6 Å². The minimum atomic E-state index is -1.09. The monoisotopic (exact) mass is 250 g/mol. The van der Waals surface area contributed by atoms with Gasteiger partial charge in [0.15, 0.2) is 0 Å². The van der Waals surface area contributed by atoms with Crippen LogP contribution in [0.3, 0.4) is 0 Å². The Bertz CT molecular complexity index is 334. The molecule has 2 heteroatoms. The Balaban J connectivity index is 2.22. The van der Waals surface area contributed by atoms with Crippen molar-refractivity contribution in [3.63, 3.8) is 0 Å². The van der Waals surface area contributed by atoms with Crippen LogP contribution in [0.25, 0.3) is 0 Å². The van der Waals surface area contributed by atoms with Crippen molar-refractivity contribution < 1.29 is 0 Å². The highest BCUT2D eigenvalue weighted by Crippen LogP contribution is 2.50. The van der Waals surface area contributed by atoms with Gasteiger partial charge in [0.25, 0.3) is 0 Å². The minimum absolute atomic E-state index is 0.592. The quantitative estimate of drug-likeness (QED) is 0.683. The summed E-state index contributed by atoms with van der Waals surface area (Å²) in [5, 5.41) is 0. The van der Waals surface area contributed by atoms with Gasteiger partial charge in [-0.2, -0.15) is 0 Å². The molecular weight excluding hydrogens is 228 g/mol. The summed E-state index contributed by atoms with van der Waals surface area (Å²) in [5.74, 6) is 0. The Morgan fingerprint density at radius 3 is 2.06 bits per heavy atom. The summed E-state index contributed by atoms with van der Waals surface area (Å²) in [6.07, 6.45) is 5.73. The maximum Gasteiger partial charge on any atom is 0.0630 e. The second-order valence-corrected chi connectivity index (χ2v) is 13.1. The van der Waals surface area contributed by atoms with Crippen molar-refractivity contribution in [1.29, 1.82) is 0 Å². The predicted molar refractivity (Wildman–Crippen MR) is 76.8 cm³/mol. The fourth-order valence-electron chi connectivity index (χ4n) is 2.67. The van der Waals surface area contributed by atoms with Crippen molar-refractivity contribution in [2.75, 3.05) is 0 Å². The van der Waals surface area contributed by atoms with E-state index in [1.165, 1.54) is 30.6 Å². The van der Waals surface area contributed by atoms with Gasteiger partial charge in [0, 0.05) is 9.27 Å². The highest BCUT2D eigenvalue weighted by molar-refractivity contribution is 8.02. The lowest BCUT2D eigenvalue weighted by atomic mass is 10.3. The summed E-state index contributed by atoms with van der Waals surface area (Å²) in [5.41, 5.74) is 0. The minimum Gasteiger partial charge on any atom is -0.123 e. The zero-order valence-corrected chi connectivity index (χ0v) is 12.4. The number of hydrogen-bond donors (Lipinski definition) is 0. The number of thioether (sulfide) groups is 1. The van der Waals surface area contributed by atoms with E-state index in [0.717, 1.165) is 0 Å². The van der Waals surface area contributed by atoms with Crippen LogP contribution in [0, 0.1) is 0 Å². The summed E-state index contributed by atoms with van der Waals surface area (Å²) >= 11 is 2.17. The third-order valence-electron chi connectivity index (χ3n) is 3.83. The molecule has 0 aliphatic heterocycles. The van der Waals surface area contributed by atoms with Crippen molar-refractivity contribution in [3.8, 4) is 0 Å². The second-order valence-electron chi connectivity index (χ2n) is 5.87. The summed E-state index contributed by atoms with van der Waals surface area (Å²) in [6.45, 7) is 7.61. The van der Waals surface area contributed by atoms with Gasteiger partial charge in [-0.1, -0.05) is 50.7 Å². The normalized spacial score (nSPS) is 19.9. The van der Waals surface area contributed by atoms with Gasteiger partial charge in [-0.05, 0) is 25.0 Å². The molecule has 0 heterocycles. The summed E-state index contributed by atoms with van der Waals surface area (Å²) < 4.78 is 0.592. The van der Waals surface area contributed by atoms with E-state index in [9.17, 15) is 0 Å². The highest BCUT2D eigenvalue weighted by Gasteiger charge is 2.45. The molecule has 0 bridgehead atoms. The summed E-state index contributed by atoms with van der Waals surface area (Å²) in [7, 11) is -1.09. The molecule has 0 atom stereocenters. The molecule has 0 nitrogen and oxygen atoms in total. The van der Waals surface area contributed by atoms with Gasteiger partial charge in [-0.3, -0.25) is 0 Å². The Morgan fingerprint density at radius 2 is 1.56 bits per heavy atom. The lowest BCUT2D eigenvalue weighted by Gasteiger charge is -2.40. The molecule has 88 valence electrons. The third-order valence-corrected chi connectivity index (χ3v) is 10.5. The largest absolute Gasteiger partial charge is 0.123 e. The zero-order valence-electron chi connectivity index (χ0n) is 10.6. The van der Waals surface area contributed by atoms with Crippen LogP contribution in [-0.4, -0.2) is 12.4 Å². The van der Waals surface area contributed by atoms with E-state index < -0.39 is 8.07 Å². The molecule has 1 aliphatic rings. The molecule has 1 fully saturated rings. The van der Waals surface area contributed by atoms with Crippen LogP contribution in [-0.2, 0) is 0 Å². The van der Waals surface area contributed by atoms with Gasteiger partial charge in [0.05, 0.1) is 8.07 Å². The van der Waals surface area contributed by atoms with Gasteiger partial charge in [0.2, 0.25) is 0 Å². The maximum absolute atomic E-state index is 2.54. The van der Waals surface area contributed by atoms with E-state index in [0.29, 0.717) is 4.37 Å². The lowest BCUT2D eigenvalue weighted by molar-refractivity contribution is 0.788. The number of hydrogen-bond acceptors (Lipinski definition) is 1. The van der Waals surface area contributed by atoms with Crippen LogP contribution < -0.4 is 0 Å². The van der Waals surface area contributed by atoms with E-state index >= 15 is 0 Å². The first-order valence-corrected chi connectivity index (χ1v) is 10.6. The maximum atomic E-state index is 2.54. The van der Waals surface area contributed by atoms with E-state index in [1.54, 1.807) is 0 Å². The van der Waals surface area contributed by atoms with Crippen LogP contribution >= 0.6 is 11.8 Å². The Labute approximate surface area is 105 Å². The van der Waals surface area contributed by atoms with E-state index in [1.807, 2.05) is 0 Å². The molecule has 0 unspecified atom stereocenters. The Kier molecular flexibility index (Phi) is 3.50. The van der Waals surface area contributed by atoms with Crippen molar-refractivity contribution >= 4 is 19.8 Å². The topological polar surface area (TPSA) is 0 Å². The van der Waals surface area contributed by atoms with Crippen LogP contribution in [0.4, 0.5) is 0 Å². The average molecular weight is 250 g/mol. The molecule has 1 saturated carbocycles. The summed E-state index contributed by atoms with van der Waals surface area (Å²) in [4.78, 5) is 1.46. The third kappa shape index (κ3) is 2.38. The van der Waals surface area contributed by atoms with Crippen LogP contribution in [0.2, 0.25) is 19.6 Å². The van der Waals surface area contributed by atoms with Crippen molar-refractivity contribution in [2.24, 2.45) is 0 Å². The van der Waals surface area contributed by atoms with Gasteiger partial charge in [0.1, 0.15) is 0 Å². The first-order chi connectivity index (χ1) is 7.54. The van der Waals surface area contributed by atoms with Crippen molar-refractivity contribution in [3.05, 3.63) is 30.3 Å². The molecule has 16 heavy (non-hydrogen) atoms. The molecule has 0 spiro atoms. The fourth-order valence-corrected chi connectivity index (χ4v) is 7.33. The summed E-state index contributed by atoms with van der Waals surface area (Å²) in [6, 6.07) is 11.0. The van der Waals surface area contributed by atoms with E-state index in [-0.39, 0.29) is 0 Å². The first-order valence-electron chi connectivity index (χ1n) is 6.28. The second kappa shape index (κ2) is 4.57. The van der Waals surface area contributed by atoms with Gasteiger partial charge in [-0.25, -0.2) is 0 Å². The highest BCUT2D eigenvalue weighted by atomic mass is 32.2. The molecule has 0 saturated heterocycles. The van der Waals surface area contributed by atoms with Gasteiger partial charge >= 0.3 is 0 Å². The van der Waals surface area contributed by atoms with Crippen LogP contribution in [0.15, 0.2) is 35.2 Å². The predicted octanol–water partition coefficient (Wildman–Crippen LogP) is 4.97. The molecule has 0 aromatic heterocycles. The molecule has 2 rings (SSSR count). The average Bonchev–Trinajstić information content (AvgIpc) is 2.68. The van der Waals surface area contributed by atoms with Crippen molar-refractivity contribution in [1.82, 2.24) is 0 Å². The number of benzene rings is 1. The molecule has 0 radical (unpaired) electrons. The molecule has 1 aromatic carbocycles. The zero-order chi connectivity index (χ0) is 11.6. The van der Waals surface area contributed by atoms with E-state index in [2.05, 4.69) is 61.7 Å². The van der Waals surface area contributed by atoms with Gasteiger partial charge in [-0.15, -0.1) is 11.8 Å². The molecule has 0 N–H and O–H groups in total. The Hall–Kier alpha value is -0.213. The lowest BCUT2D eigenvalue weighted by Crippen LogP contribution is -2.47. The van der Waals surface area contributed by atoms with Crippen LogP contribution in [0.1, 0.15) is 25.7 Å². The fraction of sp³-hybridized carbons (Fsp3) is 0.571. The SMILES string of the molecule is C[Si](C)(C)C1(Sc2ccccc2)CCCC1. The standard InChI is InChI=1S/C14H22SSi/c1-16(2,3)14(11-7-8-12-14)15-13-9-5-4-6-10-13/h4-6,9-10H,7-8,11-12H2,1-3H3. The number of rotatable bonds is 3. The molecule has 0 amide bonds. The smallest absolute Gasteiger partial charge is 0.0630 e. The first kappa shape index (κ1) is 12.2. The molecular formula is C14H22SSi. The van der Waals surface area contributed by atoms with Crippen LogP contribution in [0.5, 0.6) is 0 Å². The van der Waals surface area contributed by atoms with Gasteiger partial charge < -0.3 is 0 Å². The Morgan fingerprint density at radius 1 is 1.00 bits per heavy atom. The van der Waals surface area contributed by atoms with E-state index in [4.69, 9.17) is 0 Å². The molecule has 1 aliphatic carbocycles. The molecule has 1 aromatic rings.